The Morgan fingerprint density at radius 3 is 2.33 bits per heavy atom. The molecule has 10 heteroatoms. The summed E-state index contributed by atoms with van der Waals surface area (Å²) < 4.78 is 0. The summed E-state index contributed by atoms with van der Waals surface area (Å²) in [7, 11) is 3.82. The first-order valence-electron chi connectivity index (χ1n) is 12.4. The monoisotopic (exact) mass is 500 g/mol. The molecule has 0 spiro atoms. The topological polar surface area (TPSA) is 127 Å². The van der Waals surface area contributed by atoms with E-state index in [1.165, 1.54) is 9.80 Å². The van der Waals surface area contributed by atoms with Gasteiger partial charge in [-0.1, -0.05) is 13.8 Å². The van der Waals surface area contributed by atoms with Gasteiger partial charge in [0, 0.05) is 44.7 Å². The number of amides is 3. The highest BCUT2D eigenvalue weighted by molar-refractivity contribution is 6.01. The van der Waals surface area contributed by atoms with E-state index in [2.05, 4.69) is 5.32 Å². The predicted molar refractivity (Wildman–Crippen MR) is 134 cm³/mol. The molecule has 0 aliphatic carbocycles. The molecule has 36 heavy (non-hydrogen) atoms. The number of aliphatic carboxylic acids is 1. The minimum Gasteiger partial charge on any atom is -0.481 e. The van der Waals surface area contributed by atoms with Crippen LogP contribution in [0.5, 0.6) is 0 Å². The number of anilines is 1. The number of fused-ring (bicyclic) bond motifs is 1. The van der Waals surface area contributed by atoms with Crippen molar-refractivity contribution in [3.05, 3.63) is 29.8 Å². The Kier molecular flexibility index (Phi) is 8.70. The normalized spacial score (nSPS) is 19.9. The number of nitrogens with one attached hydrogen (secondary N) is 1. The Labute approximate surface area is 211 Å². The van der Waals surface area contributed by atoms with Crippen LogP contribution in [0.25, 0.3) is 0 Å². The molecule has 2 aliphatic heterocycles. The molecule has 2 heterocycles. The van der Waals surface area contributed by atoms with Gasteiger partial charge in [-0.15, -0.1) is 0 Å². The van der Waals surface area contributed by atoms with E-state index in [1.54, 1.807) is 12.1 Å². The maximum absolute atomic E-state index is 13.6. The van der Waals surface area contributed by atoms with Crippen LogP contribution in [0.2, 0.25) is 0 Å². The number of Topliss-reactive ketones (excluding diaryl/α,β-unsaturated/α-hetero) is 1. The second-order valence-electron chi connectivity index (χ2n) is 10.2. The summed E-state index contributed by atoms with van der Waals surface area (Å²) in [5.41, 5.74) is 1.39. The number of rotatable bonds is 10. The second kappa shape index (κ2) is 11.5. The smallest absolute Gasteiger partial charge is 0.303 e. The summed E-state index contributed by atoms with van der Waals surface area (Å²) in [6.07, 6.45) is 1.04. The van der Waals surface area contributed by atoms with Gasteiger partial charge in [-0.2, -0.15) is 0 Å². The van der Waals surface area contributed by atoms with Gasteiger partial charge < -0.3 is 25.1 Å². The summed E-state index contributed by atoms with van der Waals surface area (Å²) in [6.45, 7) is 4.16. The van der Waals surface area contributed by atoms with Gasteiger partial charge in [-0.3, -0.25) is 24.0 Å². The Morgan fingerprint density at radius 2 is 1.75 bits per heavy atom. The third-order valence-corrected chi connectivity index (χ3v) is 6.76. The average Bonchev–Trinajstić information content (AvgIpc) is 3.39. The van der Waals surface area contributed by atoms with Gasteiger partial charge in [0.05, 0.1) is 12.6 Å². The molecular formula is C26H36N4O6. The van der Waals surface area contributed by atoms with Gasteiger partial charge in [0.25, 0.3) is 5.91 Å². The molecule has 0 bridgehead atoms. The minimum atomic E-state index is -0.970. The average molecular weight is 501 g/mol. The van der Waals surface area contributed by atoms with Crippen molar-refractivity contribution in [2.45, 2.75) is 64.1 Å². The predicted octanol–water partition coefficient (Wildman–Crippen LogP) is 1.53. The summed E-state index contributed by atoms with van der Waals surface area (Å²) in [5.74, 6) is -1.99. The third-order valence-electron chi connectivity index (χ3n) is 6.76. The van der Waals surface area contributed by atoms with Crippen molar-refractivity contribution in [1.82, 2.24) is 15.1 Å². The van der Waals surface area contributed by atoms with Crippen LogP contribution < -0.4 is 10.2 Å². The number of carbonyl (C=O) groups is 5. The van der Waals surface area contributed by atoms with E-state index < -0.39 is 24.1 Å². The molecule has 0 radical (unpaired) electrons. The van der Waals surface area contributed by atoms with Crippen molar-refractivity contribution >= 4 is 35.2 Å². The fourth-order valence-electron chi connectivity index (χ4n) is 4.97. The molecule has 2 saturated heterocycles. The Bertz CT molecular complexity index is 1010. The van der Waals surface area contributed by atoms with E-state index in [1.807, 2.05) is 45.0 Å². The molecule has 2 N–H and O–H groups in total. The quantitative estimate of drug-likeness (QED) is 0.499. The standard InChI is InChI=1S/C26H36N4O6/c1-16(2)14-19(27-25(35)17-8-10-18(11-9-17)28(3)4)26(36)29-13-12-20-24(29)21(31)15-30(20)22(32)6-5-7-23(33)34/h8-11,16,19-20,24H,5-7,12-15H2,1-4H3,(H,27,35)(H,33,34)/t19-,20?,24?/m0/s1. The molecule has 1 aromatic rings. The number of benzene rings is 1. The fraction of sp³-hybridized carbons (Fsp3) is 0.577. The first-order chi connectivity index (χ1) is 17.0. The van der Waals surface area contributed by atoms with E-state index in [4.69, 9.17) is 5.11 Å². The van der Waals surface area contributed by atoms with Crippen molar-refractivity contribution in [3.8, 4) is 0 Å². The molecule has 3 amide bonds. The van der Waals surface area contributed by atoms with Crippen LogP contribution in [-0.2, 0) is 19.2 Å². The summed E-state index contributed by atoms with van der Waals surface area (Å²) in [6, 6.07) is 5.15. The fourth-order valence-corrected chi connectivity index (χ4v) is 4.97. The zero-order valence-electron chi connectivity index (χ0n) is 21.4. The number of ketones is 1. The van der Waals surface area contributed by atoms with E-state index in [-0.39, 0.29) is 55.2 Å². The maximum atomic E-state index is 13.6. The van der Waals surface area contributed by atoms with Gasteiger partial charge in [-0.05, 0) is 49.4 Å². The van der Waals surface area contributed by atoms with Crippen LogP contribution in [0.3, 0.4) is 0 Å². The summed E-state index contributed by atoms with van der Waals surface area (Å²) in [4.78, 5) is 67.8. The van der Waals surface area contributed by atoms with Crippen molar-refractivity contribution in [2.24, 2.45) is 5.92 Å². The molecule has 196 valence electrons. The molecule has 2 aliphatic rings. The molecule has 1 aromatic carbocycles. The first-order valence-corrected chi connectivity index (χ1v) is 12.4. The van der Waals surface area contributed by atoms with E-state index in [0.29, 0.717) is 24.9 Å². The largest absolute Gasteiger partial charge is 0.481 e. The van der Waals surface area contributed by atoms with Crippen LogP contribution in [0.15, 0.2) is 24.3 Å². The minimum absolute atomic E-state index is 0.0510. The number of hydrogen-bond acceptors (Lipinski definition) is 6. The van der Waals surface area contributed by atoms with Crippen LogP contribution in [0.1, 0.15) is 56.3 Å². The number of carboxylic acids is 1. The van der Waals surface area contributed by atoms with E-state index in [9.17, 15) is 24.0 Å². The molecule has 3 atom stereocenters. The highest BCUT2D eigenvalue weighted by Crippen LogP contribution is 2.31. The summed E-state index contributed by atoms with van der Waals surface area (Å²) >= 11 is 0. The molecule has 0 aromatic heterocycles. The lowest BCUT2D eigenvalue weighted by molar-refractivity contribution is -0.138. The van der Waals surface area contributed by atoms with E-state index in [0.717, 1.165) is 5.69 Å². The molecule has 0 saturated carbocycles. The number of nitrogens with zero attached hydrogens (tertiary/aromatic N) is 3. The Balaban J connectivity index is 1.70. The van der Waals surface area contributed by atoms with Gasteiger partial charge in [-0.25, -0.2) is 0 Å². The Hall–Kier alpha value is -3.43. The van der Waals surface area contributed by atoms with Crippen LogP contribution in [0.4, 0.5) is 5.69 Å². The highest BCUT2D eigenvalue weighted by atomic mass is 16.4. The lowest BCUT2D eigenvalue weighted by atomic mass is 10.0. The Morgan fingerprint density at radius 1 is 1.08 bits per heavy atom. The van der Waals surface area contributed by atoms with Crippen LogP contribution in [-0.4, -0.2) is 89.7 Å². The third kappa shape index (κ3) is 6.22. The molecule has 3 rings (SSSR count). The number of likely N-dealkylation sites (tertiary alicyclic amines) is 2. The number of carbonyl (C=O) groups excluding carboxylic acids is 4. The maximum Gasteiger partial charge on any atom is 0.303 e. The molecule has 2 unspecified atom stereocenters. The lowest BCUT2D eigenvalue weighted by Crippen LogP contribution is -2.53. The van der Waals surface area contributed by atoms with Crippen molar-refractivity contribution in [1.29, 1.82) is 0 Å². The molecular weight excluding hydrogens is 464 g/mol. The number of hydrogen-bond donors (Lipinski definition) is 2. The van der Waals surface area contributed by atoms with Gasteiger partial charge >= 0.3 is 5.97 Å². The first kappa shape index (κ1) is 27.2. The zero-order valence-corrected chi connectivity index (χ0v) is 21.4. The number of carboxylic acid groups (broad SMARTS) is 1. The van der Waals surface area contributed by atoms with Crippen molar-refractivity contribution in [2.75, 3.05) is 32.1 Å². The lowest BCUT2D eigenvalue weighted by Gasteiger charge is -2.29. The van der Waals surface area contributed by atoms with Gasteiger partial charge in [0.15, 0.2) is 5.78 Å². The van der Waals surface area contributed by atoms with Crippen LogP contribution in [0, 0.1) is 5.92 Å². The highest BCUT2D eigenvalue weighted by Gasteiger charge is 2.52. The molecule has 10 nitrogen and oxygen atoms in total. The SMILES string of the molecule is CC(C)C[C@H](NC(=O)c1ccc(N(C)C)cc1)C(=O)N1CCC2C1C(=O)CN2C(=O)CCCC(=O)O. The van der Waals surface area contributed by atoms with Crippen LogP contribution >= 0.6 is 0 Å². The van der Waals surface area contributed by atoms with Gasteiger partial charge in [0.1, 0.15) is 12.1 Å². The molecule has 2 fully saturated rings. The second-order valence-corrected chi connectivity index (χ2v) is 10.2. The van der Waals surface area contributed by atoms with Gasteiger partial charge in [0.2, 0.25) is 11.8 Å². The summed E-state index contributed by atoms with van der Waals surface area (Å²) in [5, 5.41) is 11.7. The van der Waals surface area contributed by atoms with E-state index >= 15 is 0 Å². The zero-order chi connectivity index (χ0) is 26.6. The van der Waals surface area contributed by atoms with Crippen molar-refractivity contribution in [3.63, 3.8) is 0 Å². The van der Waals surface area contributed by atoms with Crippen molar-refractivity contribution < 1.29 is 29.1 Å².